The molecule has 4 nitrogen and oxygen atoms in total. The number of fused-ring (bicyclic) bond motifs is 1. The minimum Gasteiger partial charge on any atom is -0.451 e. The van der Waals surface area contributed by atoms with Crippen LogP contribution in [0.25, 0.3) is 10.1 Å². The van der Waals surface area contributed by atoms with Crippen LogP contribution in [-0.4, -0.2) is 18.5 Å². The third-order valence-corrected chi connectivity index (χ3v) is 4.99. The van der Waals surface area contributed by atoms with Gasteiger partial charge in [-0.25, -0.2) is 9.18 Å². The number of aryl methyl sites for hydroxylation is 1. The predicted octanol–water partition coefficient (Wildman–Crippen LogP) is 3.82. The van der Waals surface area contributed by atoms with E-state index in [2.05, 4.69) is 5.32 Å². The van der Waals surface area contributed by atoms with Crippen LogP contribution in [0.1, 0.15) is 20.8 Å². The quantitative estimate of drug-likeness (QED) is 0.706. The second-order valence-electron chi connectivity index (χ2n) is 5.51. The van der Waals surface area contributed by atoms with Gasteiger partial charge in [0, 0.05) is 16.6 Å². The lowest BCUT2D eigenvalue weighted by Gasteiger charge is -2.06. The largest absolute Gasteiger partial charge is 0.451 e. The lowest BCUT2D eigenvalue weighted by atomic mass is 10.1. The number of thiophene rings is 1. The normalized spacial score (nSPS) is 10.6. The third kappa shape index (κ3) is 3.85. The van der Waals surface area contributed by atoms with Gasteiger partial charge in [0.2, 0.25) is 0 Å². The molecule has 128 valence electrons. The van der Waals surface area contributed by atoms with Crippen LogP contribution in [0.2, 0.25) is 0 Å². The summed E-state index contributed by atoms with van der Waals surface area (Å²) < 4.78 is 19.6. The summed E-state index contributed by atoms with van der Waals surface area (Å²) in [5.74, 6) is -1.37. The van der Waals surface area contributed by atoms with Crippen LogP contribution in [0.15, 0.2) is 48.5 Å². The molecule has 0 fully saturated rings. The molecule has 6 heteroatoms. The number of carbonyl (C=O) groups excluding carboxylic acids is 2. The number of amides is 1. The molecule has 0 aliphatic rings. The minimum absolute atomic E-state index is 0.316. The number of hydrogen-bond acceptors (Lipinski definition) is 4. The topological polar surface area (TPSA) is 55.4 Å². The van der Waals surface area contributed by atoms with Gasteiger partial charge in [-0.05, 0) is 30.2 Å². The third-order valence-electron chi connectivity index (χ3n) is 3.76. The van der Waals surface area contributed by atoms with Gasteiger partial charge < -0.3 is 10.1 Å². The molecule has 25 heavy (non-hydrogen) atoms. The Kier molecular flexibility index (Phi) is 5.09. The fourth-order valence-corrected chi connectivity index (χ4v) is 3.61. The van der Waals surface area contributed by atoms with Crippen molar-refractivity contribution >= 4 is 33.3 Å². The zero-order chi connectivity index (χ0) is 17.8. The molecule has 2 aromatic carbocycles. The van der Waals surface area contributed by atoms with Crippen molar-refractivity contribution in [2.75, 3.05) is 6.61 Å². The van der Waals surface area contributed by atoms with Gasteiger partial charge in [0.05, 0.1) is 0 Å². The van der Waals surface area contributed by atoms with E-state index in [1.165, 1.54) is 6.07 Å². The van der Waals surface area contributed by atoms with Crippen LogP contribution in [0.3, 0.4) is 0 Å². The summed E-state index contributed by atoms with van der Waals surface area (Å²) in [6, 6.07) is 14.1. The average Bonchev–Trinajstić information content (AvgIpc) is 2.97. The van der Waals surface area contributed by atoms with Crippen LogP contribution in [0.4, 0.5) is 4.39 Å². The summed E-state index contributed by atoms with van der Waals surface area (Å²) in [7, 11) is 0. The van der Waals surface area contributed by atoms with Gasteiger partial charge in [-0.1, -0.05) is 36.4 Å². The summed E-state index contributed by atoms with van der Waals surface area (Å²) in [6.07, 6.45) is 0. The van der Waals surface area contributed by atoms with Crippen molar-refractivity contribution in [2.24, 2.45) is 0 Å². The van der Waals surface area contributed by atoms with E-state index >= 15 is 0 Å². The Bertz CT molecular complexity index is 921. The highest BCUT2D eigenvalue weighted by Crippen LogP contribution is 2.32. The number of halogens is 1. The van der Waals surface area contributed by atoms with Crippen molar-refractivity contribution in [2.45, 2.75) is 13.5 Å². The van der Waals surface area contributed by atoms with Crippen LogP contribution in [0, 0.1) is 12.7 Å². The Hall–Kier alpha value is -2.73. The molecule has 0 spiro atoms. The maximum atomic E-state index is 13.9. The van der Waals surface area contributed by atoms with Gasteiger partial charge in [-0.3, -0.25) is 4.79 Å². The van der Waals surface area contributed by atoms with Gasteiger partial charge in [-0.15, -0.1) is 11.3 Å². The van der Waals surface area contributed by atoms with Crippen LogP contribution in [0.5, 0.6) is 0 Å². The molecule has 0 aliphatic heterocycles. The van der Waals surface area contributed by atoms with E-state index in [1.807, 2.05) is 30.3 Å². The molecule has 0 aliphatic carbocycles. The Morgan fingerprint density at radius 2 is 1.88 bits per heavy atom. The Morgan fingerprint density at radius 1 is 1.12 bits per heavy atom. The molecule has 0 saturated heterocycles. The van der Waals surface area contributed by atoms with E-state index < -0.39 is 5.97 Å². The summed E-state index contributed by atoms with van der Waals surface area (Å²) >= 11 is 1.16. The number of hydrogen-bond donors (Lipinski definition) is 1. The highest BCUT2D eigenvalue weighted by atomic mass is 32.1. The van der Waals surface area contributed by atoms with E-state index in [0.29, 0.717) is 27.1 Å². The molecular formula is C19H16FNO3S. The molecule has 0 bridgehead atoms. The van der Waals surface area contributed by atoms with Crippen molar-refractivity contribution in [3.05, 3.63) is 70.4 Å². The highest BCUT2D eigenvalue weighted by Gasteiger charge is 2.19. The lowest BCUT2D eigenvalue weighted by molar-refractivity contribution is -0.124. The van der Waals surface area contributed by atoms with Crippen LogP contribution in [-0.2, 0) is 16.1 Å². The Balaban J connectivity index is 1.60. The van der Waals surface area contributed by atoms with Crippen molar-refractivity contribution in [1.82, 2.24) is 5.32 Å². The van der Waals surface area contributed by atoms with Crippen molar-refractivity contribution in [1.29, 1.82) is 0 Å². The molecule has 1 heterocycles. The molecule has 0 saturated carbocycles. The fourth-order valence-electron chi connectivity index (χ4n) is 2.49. The number of carbonyl (C=O) groups is 2. The first-order valence-corrected chi connectivity index (χ1v) is 8.53. The first-order valence-electron chi connectivity index (χ1n) is 7.71. The standard InChI is InChI=1S/C19H16FNO3S/c1-12-17-14(20)8-5-9-15(17)25-18(12)19(23)24-11-16(22)21-10-13-6-3-2-4-7-13/h2-9H,10-11H2,1H3,(H,21,22). The number of nitrogens with one attached hydrogen (secondary N) is 1. The highest BCUT2D eigenvalue weighted by molar-refractivity contribution is 7.21. The molecule has 0 radical (unpaired) electrons. The second-order valence-corrected chi connectivity index (χ2v) is 6.56. The summed E-state index contributed by atoms with van der Waals surface area (Å²) in [5.41, 5.74) is 1.49. The number of rotatable bonds is 5. The summed E-state index contributed by atoms with van der Waals surface area (Å²) in [4.78, 5) is 24.3. The molecule has 0 atom stereocenters. The molecule has 1 N–H and O–H groups in total. The first-order chi connectivity index (χ1) is 12.1. The fraction of sp³-hybridized carbons (Fsp3) is 0.158. The van der Waals surface area contributed by atoms with E-state index in [1.54, 1.807) is 19.1 Å². The zero-order valence-electron chi connectivity index (χ0n) is 13.5. The molecular weight excluding hydrogens is 341 g/mol. The van der Waals surface area contributed by atoms with Gasteiger partial charge >= 0.3 is 5.97 Å². The SMILES string of the molecule is Cc1c(C(=O)OCC(=O)NCc2ccccc2)sc2cccc(F)c12. The number of benzene rings is 2. The molecule has 1 amide bonds. The molecule has 3 aromatic rings. The van der Waals surface area contributed by atoms with Gasteiger partial charge in [0.25, 0.3) is 5.91 Å². The Morgan fingerprint density at radius 3 is 2.60 bits per heavy atom. The van der Waals surface area contributed by atoms with Crippen LogP contribution < -0.4 is 5.32 Å². The monoisotopic (exact) mass is 357 g/mol. The van der Waals surface area contributed by atoms with E-state index in [-0.39, 0.29) is 18.3 Å². The summed E-state index contributed by atoms with van der Waals surface area (Å²) in [5, 5.41) is 3.11. The van der Waals surface area contributed by atoms with Crippen molar-refractivity contribution in [3.8, 4) is 0 Å². The van der Waals surface area contributed by atoms with Gasteiger partial charge in [0.1, 0.15) is 10.7 Å². The van der Waals surface area contributed by atoms with E-state index in [4.69, 9.17) is 4.74 Å². The molecule has 0 unspecified atom stereocenters. The van der Waals surface area contributed by atoms with Gasteiger partial charge in [0.15, 0.2) is 6.61 Å². The molecule has 1 aromatic heterocycles. The van der Waals surface area contributed by atoms with E-state index in [0.717, 1.165) is 16.9 Å². The minimum atomic E-state index is -0.618. The van der Waals surface area contributed by atoms with E-state index in [9.17, 15) is 14.0 Å². The van der Waals surface area contributed by atoms with Crippen LogP contribution >= 0.6 is 11.3 Å². The second kappa shape index (κ2) is 7.44. The zero-order valence-corrected chi connectivity index (χ0v) is 14.4. The number of esters is 1. The average molecular weight is 357 g/mol. The first kappa shape index (κ1) is 17.1. The summed E-state index contributed by atoms with van der Waals surface area (Å²) in [6.45, 7) is 1.67. The van der Waals surface area contributed by atoms with Crippen molar-refractivity contribution in [3.63, 3.8) is 0 Å². The maximum absolute atomic E-state index is 13.9. The maximum Gasteiger partial charge on any atom is 0.349 e. The lowest BCUT2D eigenvalue weighted by Crippen LogP contribution is -2.28. The Labute approximate surface area is 148 Å². The number of ether oxygens (including phenoxy) is 1. The molecule has 3 rings (SSSR count). The predicted molar refractivity (Wildman–Crippen MR) is 95.1 cm³/mol. The smallest absolute Gasteiger partial charge is 0.349 e. The van der Waals surface area contributed by atoms with Gasteiger partial charge in [-0.2, -0.15) is 0 Å². The van der Waals surface area contributed by atoms with Crippen molar-refractivity contribution < 1.29 is 18.7 Å².